The zero-order valence-corrected chi connectivity index (χ0v) is 12.9. The number of carboxylic acid groups (broad SMARTS) is 1. The molecule has 2 amide bonds. The van der Waals surface area contributed by atoms with Crippen LogP contribution >= 0.6 is 0 Å². The molecule has 1 aromatic rings. The first kappa shape index (κ1) is 16.1. The number of nitrogens with one attached hydrogen (secondary N) is 1. The highest BCUT2D eigenvalue weighted by atomic mass is 16.5. The summed E-state index contributed by atoms with van der Waals surface area (Å²) in [6, 6.07) is 9.54. The van der Waals surface area contributed by atoms with Crippen molar-refractivity contribution in [1.82, 2.24) is 10.2 Å². The fourth-order valence-electron chi connectivity index (χ4n) is 2.80. The van der Waals surface area contributed by atoms with E-state index in [2.05, 4.69) is 5.32 Å². The number of carbonyl (C=O) groups excluding carboxylic acids is 1. The highest BCUT2D eigenvalue weighted by molar-refractivity contribution is 5.69. The van der Waals surface area contributed by atoms with E-state index in [9.17, 15) is 9.59 Å². The molecule has 2 N–H and O–H groups in total. The fraction of sp³-hybridized carbons (Fsp3) is 0.500. The van der Waals surface area contributed by atoms with Crippen molar-refractivity contribution >= 4 is 12.2 Å². The Bertz CT molecular complexity index is 508. The Labute approximate surface area is 130 Å². The lowest BCUT2D eigenvalue weighted by molar-refractivity contribution is 0.134. The third kappa shape index (κ3) is 3.69. The maximum absolute atomic E-state index is 11.7. The molecule has 0 bridgehead atoms. The normalized spacial score (nSPS) is 24.6. The molecule has 2 fully saturated rings. The molecule has 6 heteroatoms. The molecule has 0 spiro atoms. The number of benzene rings is 1. The predicted molar refractivity (Wildman–Crippen MR) is 81.5 cm³/mol. The maximum atomic E-state index is 11.7. The van der Waals surface area contributed by atoms with E-state index in [1.54, 1.807) is 0 Å². The zero-order chi connectivity index (χ0) is 16.1. The molecule has 22 heavy (non-hydrogen) atoms. The molecule has 3 rings (SSSR count). The van der Waals surface area contributed by atoms with Crippen LogP contribution in [0.2, 0.25) is 0 Å². The molecule has 0 radical (unpaired) electrons. The highest BCUT2D eigenvalue weighted by Crippen LogP contribution is 2.45. The van der Waals surface area contributed by atoms with Gasteiger partial charge in [0.2, 0.25) is 0 Å². The number of rotatable bonds is 3. The number of nitrogens with zero attached hydrogens (tertiary/aromatic N) is 1. The first-order valence-corrected chi connectivity index (χ1v) is 7.60. The van der Waals surface area contributed by atoms with Crippen molar-refractivity contribution in [3.8, 4) is 0 Å². The Balaban J connectivity index is 0.000000847. The molecular formula is C16H22N2O4. The van der Waals surface area contributed by atoms with Crippen LogP contribution in [0.15, 0.2) is 30.3 Å². The minimum Gasteiger partial charge on any atom is -0.465 e. The van der Waals surface area contributed by atoms with E-state index in [0.717, 1.165) is 5.56 Å². The number of ether oxygens (including phenoxy) is 1. The SMILES string of the molecule is CC.O=C(NC1[C@H]2CN(C(=O)O)C[C@@H]12)OCc1ccccc1. The third-order valence-corrected chi connectivity index (χ3v) is 3.96. The van der Waals surface area contributed by atoms with Gasteiger partial charge in [-0.25, -0.2) is 9.59 Å². The van der Waals surface area contributed by atoms with Crippen LogP contribution in [-0.4, -0.2) is 41.3 Å². The Kier molecular flexibility index (Phi) is 5.25. The van der Waals surface area contributed by atoms with E-state index in [1.807, 2.05) is 44.2 Å². The summed E-state index contributed by atoms with van der Waals surface area (Å²) < 4.78 is 5.14. The van der Waals surface area contributed by atoms with E-state index in [0.29, 0.717) is 13.1 Å². The van der Waals surface area contributed by atoms with Crippen LogP contribution in [-0.2, 0) is 11.3 Å². The summed E-state index contributed by atoms with van der Waals surface area (Å²) in [7, 11) is 0. The quantitative estimate of drug-likeness (QED) is 0.899. The van der Waals surface area contributed by atoms with Gasteiger partial charge in [0.05, 0.1) is 0 Å². The van der Waals surface area contributed by atoms with Gasteiger partial charge in [-0.15, -0.1) is 0 Å². The second kappa shape index (κ2) is 7.15. The smallest absolute Gasteiger partial charge is 0.407 e. The number of likely N-dealkylation sites (tertiary alicyclic amines) is 1. The molecule has 1 saturated heterocycles. The Morgan fingerprint density at radius 2 is 1.82 bits per heavy atom. The van der Waals surface area contributed by atoms with Crippen LogP contribution in [0, 0.1) is 11.8 Å². The topological polar surface area (TPSA) is 78.9 Å². The number of hydrogen-bond acceptors (Lipinski definition) is 3. The molecule has 3 atom stereocenters. The van der Waals surface area contributed by atoms with Crippen LogP contribution in [0.3, 0.4) is 0 Å². The molecule has 1 aromatic carbocycles. The first-order valence-electron chi connectivity index (χ1n) is 7.60. The molecule has 0 aromatic heterocycles. The second-order valence-electron chi connectivity index (χ2n) is 5.25. The number of alkyl carbamates (subject to hydrolysis) is 1. The summed E-state index contributed by atoms with van der Waals surface area (Å²) in [6.45, 7) is 5.25. The lowest BCUT2D eigenvalue weighted by atomic mass is 10.2. The monoisotopic (exact) mass is 306 g/mol. The molecular weight excluding hydrogens is 284 g/mol. The minimum absolute atomic E-state index is 0.0638. The van der Waals surface area contributed by atoms with Crippen molar-refractivity contribution in [1.29, 1.82) is 0 Å². The summed E-state index contributed by atoms with van der Waals surface area (Å²) in [5.74, 6) is 0.491. The molecule has 6 nitrogen and oxygen atoms in total. The lowest BCUT2D eigenvalue weighted by Crippen LogP contribution is -2.36. The van der Waals surface area contributed by atoms with Gasteiger partial charge in [-0.05, 0) is 5.56 Å². The average Bonchev–Trinajstić information content (AvgIpc) is 2.99. The van der Waals surface area contributed by atoms with Crippen molar-refractivity contribution in [3.63, 3.8) is 0 Å². The van der Waals surface area contributed by atoms with Crippen LogP contribution in [0.5, 0.6) is 0 Å². The van der Waals surface area contributed by atoms with Gasteiger partial charge in [0.1, 0.15) is 6.61 Å². The molecule has 1 aliphatic heterocycles. The lowest BCUT2D eigenvalue weighted by Gasteiger charge is -2.16. The van der Waals surface area contributed by atoms with Crippen molar-refractivity contribution in [2.75, 3.05) is 13.1 Å². The number of fused-ring (bicyclic) bond motifs is 1. The average molecular weight is 306 g/mol. The number of amides is 2. The maximum Gasteiger partial charge on any atom is 0.407 e. The predicted octanol–water partition coefficient (Wildman–Crippen LogP) is 2.55. The van der Waals surface area contributed by atoms with Crippen LogP contribution < -0.4 is 5.32 Å². The van der Waals surface area contributed by atoms with Crippen LogP contribution in [0.1, 0.15) is 19.4 Å². The highest BCUT2D eigenvalue weighted by Gasteiger charge is 2.57. The summed E-state index contributed by atoms with van der Waals surface area (Å²) >= 11 is 0. The van der Waals surface area contributed by atoms with E-state index < -0.39 is 12.2 Å². The Morgan fingerprint density at radius 3 is 2.36 bits per heavy atom. The summed E-state index contributed by atoms with van der Waals surface area (Å²) in [5, 5.41) is 11.6. The Morgan fingerprint density at radius 1 is 1.23 bits per heavy atom. The van der Waals surface area contributed by atoms with E-state index in [1.165, 1.54) is 4.90 Å². The summed E-state index contributed by atoms with van der Waals surface area (Å²) in [5.41, 5.74) is 0.940. The molecule has 1 saturated carbocycles. The zero-order valence-electron chi connectivity index (χ0n) is 12.9. The number of carbonyl (C=O) groups is 2. The van der Waals surface area contributed by atoms with E-state index in [-0.39, 0.29) is 24.5 Å². The van der Waals surface area contributed by atoms with Gasteiger partial charge >= 0.3 is 12.2 Å². The second-order valence-corrected chi connectivity index (χ2v) is 5.25. The van der Waals surface area contributed by atoms with Gasteiger partial charge in [-0.1, -0.05) is 44.2 Å². The molecule has 1 heterocycles. The van der Waals surface area contributed by atoms with Gasteiger partial charge in [-0.3, -0.25) is 0 Å². The minimum atomic E-state index is -0.886. The molecule has 1 unspecified atom stereocenters. The summed E-state index contributed by atoms with van der Waals surface area (Å²) in [4.78, 5) is 23.8. The first-order chi connectivity index (χ1) is 10.6. The van der Waals surface area contributed by atoms with Gasteiger partial charge in [0.25, 0.3) is 0 Å². The van der Waals surface area contributed by atoms with Crippen molar-refractivity contribution < 1.29 is 19.4 Å². The van der Waals surface area contributed by atoms with Gasteiger partial charge in [0.15, 0.2) is 0 Å². The third-order valence-electron chi connectivity index (χ3n) is 3.96. The van der Waals surface area contributed by atoms with Gasteiger partial charge in [-0.2, -0.15) is 0 Å². The fourth-order valence-corrected chi connectivity index (χ4v) is 2.80. The van der Waals surface area contributed by atoms with Crippen molar-refractivity contribution in [2.24, 2.45) is 11.8 Å². The number of piperidine rings is 1. The van der Waals surface area contributed by atoms with Crippen LogP contribution in [0.25, 0.3) is 0 Å². The Hall–Kier alpha value is -2.24. The van der Waals surface area contributed by atoms with Gasteiger partial charge < -0.3 is 20.1 Å². The van der Waals surface area contributed by atoms with E-state index in [4.69, 9.17) is 9.84 Å². The van der Waals surface area contributed by atoms with Crippen molar-refractivity contribution in [3.05, 3.63) is 35.9 Å². The molecule has 1 aliphatic carbocycles. The number of hydrogen-bond donors (Lipinski definition) is 2. The van der Waals surface area contributed by atoms with Gasteiger partial charge in [0, 0.05) is 31.0 Å². The standard InChI is InChI=1S/C14H16N2O4.C2H6/c17-13(20-8-9-4-2-1-3-5-9)15-12-10-6-16(14(18)19)7-11(10)12;1-2/h1-5,10-12H,6-8H2,(H,15,17)(H,18,19);1-2H3/t10-,11+,12?;. The van der Waals surface area contributed by atoms with Crippen molar-refractivity contribution in [2.45, 2.75) is 26.5 Å². The van der Waals surface area contributed by atoms with Crippen LogP contribution in [0.4, 0.5) is 9.59 Å². The largest absolute Gasteiger partial charge is 0.465 e. The molecule has 120 valence electrons. The molecule has 2 aliphatic rings. The van der Waals surface area contributed by atoms with E-state index >= 15 is 0 Å². The summed E-state index contributed by atoms with van der Waals surface area (Å²) in [6.07, 6.45) is -1.32.